The van der Waals surface area contributed by atoms with Crippen LogP contribution in [-0.2, 0) is 4.74 Å². The predicted molar refractivity (Wildman–Crippen MR) is 78.8 cm³/mol. The highest BCUT2D eigenvalue weighted by Gasteiger charge is 2.21. The van der Waals surface area contributed by atoms with E-state index in [0.717, 1.165) is 38.0 Å². The Balaban J connectivity index is 2.14. The molecule has 1 saturated heterocycles. The van der Waals surface area contributed by atoms with E-state index in [9.17, 15) is 4.39 Å². The van der Waals surface area contributed by atoms with E-state index in [1.54, 1.807) is 13.2 Å². The summed E-state index contributed by atoms with van der Waals surface area (Å²) in [4.78, 5) is 2.17. The van der Waals surface area contributed by atoms with Gasteiger partial charge in [0.1, 0.15) is 0 Å². The number of ether oxygens (including phenoxy) is 2. The van der Waals surface area contributed by atoms with Crippen LogP contribution >= 0.6 is 0 Å². The zero-order chi connectivity index (χ0) is 14.5. The largest absolute Gasteiger partial charge is 0.490 e. The standard InChI is InChI=1S/C15H23FN2O2/c1-3-8-20-15-10-14(13(17)9-12(15)16)18-6-4-11(19-2)5-7-18/h9-11H,3-8,17H2,1-2H3. The van der Waals surface area contributed by atoms with Gasteiger partial charge in [0.05, 0.1) is 24.1 Å². The van der Waals surface area contributed by atoms with Gasteiger partial charge in [-0.3, -0.25) is 0 Å². The summed E-state index contributed by atoms with van der Waals surface area (Å²) in [6, 6.07) is 3.07. The number of halogens is 1. The molecule has 0 atom stereocenters. The predicted octanol–water partition coefficient (Wildman–Crippen LogP) is 2.81. The minimum atomic E-state index is -0.397. The monoisotopic (exact) mass is 282 g/mol. The Morgan fingerprint density at radius 2 is 2.05 bits per heavy atom. The summed E-state index contributed by atoms with van der Waals surface area (Å²) in [5.74, 6) is -0.114. The first kappa shape index (κ1) is 14.9. The second-order valence-corrected chi connectivity index (χ2v) is 5.11. The fourth-order valence-electron chi connectivity index (χ4n) is 2.49. The van der Waals surface area contributed by atoms with Crippen molar-refractivity contribution in [2.75, 3.05) is 37.4 Å². The normalized spacial score (nSPS) is 16.4. The van der Waals surface area contributed by atoms with Crippen LogP contribution < -0.4 is 15.4 Å². The molecule has 0 radical (unpaired) electrons. The highest BCUT2D eigenvalue weighted by molar-refractivity contribution is 5.70. The maximum absolute atomic E-state index is 13.8. The van der Waals surface area contributed by atoms with Gasteiger partial charge >= 0.3 is 0 Å². The van der Waals surface area contributed by atoms with Gasteiger partial charge in [0.15, 0.2) is 11.6 Å². The number of benzene rings is 1. The quantitative estimate of drug-likeness (QED) is 0.844. The number of nitrogens with zero attached hydrogens (tertiary/aromatic N) is 1. The molecular formula is C15H23FN2O2. The van der Waals surface area contributed by atoms with E-state index in [1.165, 1.54) is 6.07 Å². The van der Waals surface area contributed by atoms with Crippen molar-refractivity contribution in [3.8, 4) is 5.75 Å². The number of anilines is 2. The fraction of sp³-hybridized carbons (Fsp3) is 0.600. The van der Waals surface area contributed by atoms with Gasteiger partial charge in [0.25, 0.3) is 0 Å². The molecule has 0 saturated carbocycles. The van der Waals surface area contributed by atoms with E-state index >= 15 is 0 Å². The van der Waals surface area contributed by atoms with Gasteiger partial charge in [-0.05, 0) is 19.3 Å². The first-order valence-electron chi connectivity index (χ1n) is 7.15. The molecule has 2 N–H and O–H groups in total. The second kappa shape index (κ2) is 6.79. The average molecular weight is 282 g/mol. The van der Waals surface area contributed by atoms with Crippen molar-refractivity contribution < 1.29 is 13.9 Å². The lowest BCUT2D eigenvalue weighted by atomic mass is 10.1. The van der Waals surface area contributed by atoms with Crippen LogP contribution in [0.4, 0.5) is 15.8 Å². The topological polar surface area (TPSA) is 47.7 Å². The first-order valence-corrected chi connectivity index (χ1v) is 7.15. The van der Waals surface area contributed by atoms with Crippen LogP contribution in [0.1, 0.15) is 26.2 Å². The molecule has 4 nitrogen and oxygen atoms in total. The van der Waals surface area contributed by atoms with E-state index in [0.29, 0.717) is 18.4 Å². The summed E-state index contributed by atoms with van der Waals surface area (Å²) < 4.78 is 24.6. The highest BCUT2D eigenvalue weighted by atomic mass is 19.1. The molecule has 5 heteroatoms. The van der Waals surface area contributed by atoms with Gasteiger partial charge in [-0.2, -0.15) is 0 Å². The molecule has 2 rings (SSSR count). The van der Waals surface area contributed by atoms with Crippen LogP contribution in [0.2, 0.25) is 0 Å². The Labute approximate surface area is 119 Å². The summed E-state index contributed by atoms with van der Waals surface area (Å²) in [7, 11) is 1.74. The molecule has 0 amide bonds. The van der Waals surface area contributed by atoms with Crippen molar-refractivity contribution in [3.05, 3.63) is 17.9 Å². The number of hydrogen-bond donors (Lipinski definition) is 1. The maximum atomic E-state index is 13.8. The van der Waals surface area contributed by atoms with E-state index < -0.39 is 5.82 Å². The number of rotatable bonds is 5. The molecule has 1 aliphatic heterocycles. The van der Waals surface area contributed by atoms with Crippen molar-refractivity contribution in [1.82, 2.24) is 0 Å². The van der Waals surface area contributed by atoms with E-state index in [2.05, 4.69) is 4.90 Å². The zero-order valence-electron chi connectivity index (χ0n) is 12.2. The molecule has 0 spiro atoms. The summed E-state index contributed by atoms with van der Waals surface area (Å²) in [5, 5.41) is 0. The fourth-order valence-corrected chi connectivity index (χ4v) is 2.49. The average Bonchev–Trinajstić information content (AvgIpc) is 2.47. The Morgan fingerprint density at radius 3 is 2.65 bits per heavy atom. The summed E-state index contributed by atoms with van der Waals surface area (Å²) in [6.45, 7) is 4.22. The summed E-state index contributed by atoms with van der Waals surface area (Å²) >= 11 is 0. The molecule has 0 bridgehead atoms. The van der Waals surface area contributed by atoms with Gasteiger partial charge in [-0.1, -0.05) is 6.92 Å². The van der Waals surface area contributed by atoms with E-state index in [4.69, 9.17) is 15.2 Å². The van der Waals surface area contributed by atoms with E-state index in [1.807, 2.05) is 6.92 Å². The van der Waals surface area contributed by atoms with Gasteiger partial charge < -0.3 is 20.1 Å². The van der Waals surface area contributed by atoms with Crippen LogP contribution in [0.25, 0.3) is 0 Å². The van der Waals surface area contributed by atoms with Gasteiger partial charge in [0, 0.05) is 32.3 Å². The summed E-state index contributed by atoms with van der Waals surface area (Å²) in [6.07, 6.45) is 3.07. The van der Waals surface area contributed by atoms with Crippen LogP contribution in [0.5, 0.6) is 5.75 Å². The third-order valence-corrected chi connectivity index (χ3v) is 3.66. The molecule has 1 aromatic rings. The Morgan fingerprint density at radius 1 is 1.35 bits per heavy atom. The van der Waals surface area contributed by atoms with Crippen LogP contribution in [-0.4, -0.2) is 32.9 Å². The van der Waals surface area contributed by atoms with Crippen molar-refractivity contribution in [1.29, 1.82) is 0 Å². The van der Waals surface area contributed by atoms with Crippen molar-refractivity contribution >= 4 is 11.4 Å². The SMILES string of the molecule is CCCOc1cc(N2CCC(OC)CC2)c(N)cc1F. The maximum Gasteiger partial charge on any atom is 0.167 e. The Bertz CT molecular complexity index is 446. The number of nitrogen functional groups attached to an aromatic ring is 1. The molecular weight excluding hydrogens is 259 g/mol. The lowest BCUT2D eigenvalue weighted by Gasteiger charge is -2.33. The lowest BCUT2D eigenvalue weighted by molar-refractivity contribution is 0.0819. The molecule has 1 aromatic carbocycles. The number of nitrogens with two attached hydrogens (primary N) is 1. The Kier molecular flexibility index (Phi) is 5.06. The number of hydrogen-bond acceptors (Lipinski definition) is 4. The number of piperidine rings is 1. The van der Waals surface area contributed by atoms with Crippen molar-refractivity contribution in [2.45, 2.75) is 32.3 Å². The molecule has 0 aliphatic carbocycles. The van der Waals surface area contributed by atoms with Crippen molar-refractivity contribution in [2.24, 2.45) is 0 Å². The van der Waals surface area contributed by atoms with Crippen molar-refractivity contribution in [3.63, 3.8) is 0 Å². The molecule has 1 fully saturated rings. The number of methoxy groups -OCH3 is 1. The Hall–Kier alpha value is -1.49. The van der Waals surface area contributed by atoms with Crippen LogP contribution in [0.3, 0.4) is 0 Å². The first-order chi connectivity index (χ1) is 9.65. The molecule has 1 heterocycles. The lowest BCUT2D eigenvalue weighted by Crippen LogP contribution is -2.37. The van der Waals surface area contributed by atoms with E-state index in [-0.39, 0.29) is 5.75 Å². The van der Waals surface area contributed by atoms with Gasteiger partial charge in [0.2, 0.25) is 0 Å². The van der Waals surface area contributed by atoms with Gasteiger partial charge in [-0.25, -0.2) is 4.39 Å². The molecule has 20 heavy (non-hydrogen) atoms. The zero-order valence-corrected chi connectivity index (χ0v) is 12.2. The molecule has 112 valence electrons. The molecule has 0 aromatic heterocycles. The third-order valence-electron chi connectivity index (χ3n) is 3.66. The highest BCUT2D eigenvalue weighted by Crippen LogP contribution is 2.33. The molecule has 1 aliphatic rings. The smallest absolute Gasteiger partial charge is 0.167 e. The second-order valence-electron chi connectivity index (χ2n) is 5.11. The van der Waals surface area contributed by atoms with Crippen LogP contribution in [0, 0.1) is 5.82 Å². The minimum Gasteiger partial charge on any atom is -0.490 e. The summed E-state index contributed by atoms with van der Waals surface area (Å²) in [5.41, 5.74) is 7.26. The van der Waals surface area contributed by atoms with Crippen LogP contribution in [0.15, 0.2) is 12.1 Å². The molecule has 0 unspecified atom stereocenters. The van der Waals surface area contributed by atoms with Gasteiger partial charge in [-0.15, -0.1) is 0 Å². The minimum absolute atomic E-state index is 0.282. The third kappa shape index (κ3) is 3.33.